The van der Waals surface area contributed by atoms with Gasteiger partial charge < -0.3 is 15.4 Å². The molecule has 1 fully saturated rings. The molecule has 1 aliphatic heterocycles. The summed E-state index contributed by atoms with van der Waals surface area (Å²) in [4.78, 5) is 13.1. The maximum atomic E-state index is 13.1. The van der Waals surface area contributed by atoms with E-state index in [4.69, 9.17) is 12.2 Å². The van der Waals surface area contributed by atoms with Crippen LogP contribution in [-0.2, 0) is 0 Å². The smallest absolute Gasteiger partial charge is 0.387 e. The number of ether oxygens (including phenoxy) is 1. The molecular formula is C19H16F2N2O2S. The topological polar surface area (TPSA) is 50.4 Å². The van der Waals surface area contributed by atoms with Crippen LogP contribution in [0.3, 0.4) is 0 Å². The van der Waals surface area contributed by atoms with Gasteiger partial charge in [0.15, 0.2) is 10.9 Å². The van der Waals surface area contributed by atoms with Crippen LogP contribution < -0.4 is 15.4 Å². The van der Waals surface area contributed by atoms with Crippen LogP contribution in [0.15, 0.2) is 66.9 Å². The van der Waals surface area contributed by atoms with Crippen LogP contribution in [0.2, 0.25) is 0 Å². The molecule has 4 nitrogen and oxygen atoms in total. The number of alkyl halides is 2. The molecule has 0 saturated carbocycles. The monoisotopic (exact) mass is 374 g/mol. The largest absolute Gasteiger partial charge is 0.434 e. The molecule has 2 atom stereocenters. The molecule has 1 saturated heterocycles. The van der Waals surface area contributed by atoms with Crippen molar-refractivity contribution in [2.75, 3.05) is 0 Å². The van der Waals surface area contributed by atoms with Crippen LogP contribution in [0.1, 0.15) is 22.0 Å². The van der Waals surface area contributed by atoms with Crippen molar-refractivity contribution >= 4 is 23.1 Å². The van der Waals surface area contributed by atoms with Crippen LogP contribution in [-0.4, -0.2) is 17.5 Å². The van der Waals surface area contributed by atoms with E-state index in [2.05, 4.69) is 21.9 Å². The van der Waals surface area contributed by atoms with Gasteiger partial charge in [0, 0.05) is 16.8 Å². The summed E-state index contributed by atoms with van der Waals surface area (Å²) in [6.45, 7) is 0.935. The second-order valence-electron chi connectivity index (χ2n) is 5.73. The molecule has 26 heavy (non-hydrogen) atoms. The lowest BCUT2D eigenvalue weighted by atomic mass is 9.83. The van der Waals surface area contributed by atoms with Crippen molar-refractivity contribution in [1.29, 1.82) is 0 Å². The highest BCUT2D eigenvalue weighted by molar-refractivity contribution is 7.80. The quantitative estimate of drug-likeness (QED) is 0.616. The molecule has 0 bridgehead atoms. The van der Waals surface area contributed by atoms with Gasteiger partial charge in [-0.15, -0.1) is 0 Å². The van der Waals surface area contributed by atoms with Crippen LogP contribution >= 0.6 is 12.2 Å². The van der Waals surface area contributed by atoms with Gasteiger partial charge in [-0.1, -0.05) is 55.1 Å². The Balaban J connectivity index is 2.03. The van der Waals surface area contributed by atoms with E-state index in [9.17, 15) is 13.6 Å². The van der Waals surface area contributed by atoms with Crippen molar-refractivity contribution in [2.45, 2.75) is 12.7 Å². The minimum Gasteiger partial charge on any atom is -0.434 e. The predicted octanol–water partition coefficient (Wildman–Crippen LogP) is 3.82. The van der Waals surface area contributed by atoms with E-state index < -0.39 is 18.6 Å². The van der Waals surface area contributed by atoms with Gasteiger partial charge in [-0.25, -0.2) is 0 Å². The number of nitrogens with one attached hydrogen (secondary N) is 2. The van der Waals surface area contributed by atoms with E-state index >= 15 is 0 Å². The zero-order valence-corrected chi connectivity index (χ0v) is 14.4. The van der Waals surface area contributed by atoms with Crippen molar-refractivity contribution in [2.24, 2.45) is 5.92 Å². The van der Waals surface area contributed by atoms with Crippen LogP contribution in [0.25, 0.3) is 0 Å². The molecule has 134 valence electrons. The van der Waals surface area contributed by atoms with Gasteiger partial charge >= 0.3 is 6.61 Å². The fourth-order valence-corrected chi connectivity index (χ4v) is 3.23. The van der Waals surface area contributed by atoms with Gasteiger partial charge in [0.1, 0.15) is 5.75 Å². The molecule has 0 aliphatic carbocycles. The molecule has 0 spiro atoms. The first-order valence-electron chi connectivity index (χ1n) is 7.86. The highest BCUT2D eigenvalue weighted by Crippen LogP contribution is 2.37. The van der Waals surface area contributed by atoms with E-state index in [0.717, 1.165) is 0 Å². The first-order valence-corrected chi connectivity index (χ1v) is 8.27. The molecular weight excluding hydrogens is 358 g/mol. The molecule has 0 amide bonds. The van der Waals surface area contributed by atoms with E-state index in [1.165, 1.54) is 6.07 Å². The van der Waals surface area contributed by atoms with Gasteiger partial charge in [-0.3, -0.25) is 4.79 Å². The second-order valence-corrected chi connectivity index (χ2v) is 6.13. The average molecular weight is 374 g/mol. The first-order chi connectivity index (χ1) is 12.5. The lowest BCUT2D eigenvalue weighted by Crippen LogP contribution is -2.50. The summed E-state index contributed by atoms with van der Waals surface area (Å²) in [7, 11) is 0. The third-order valence-electron chi connectivity index (χ3n) is 4.08. The number of hydrogen-bond acceptors (Lipinski definition) is 3. The maximum absolute atomic E-state index is 13.1. The fourth-order valence-electron chi connectivity index (χ4n) is 2.98. The van der Waals surface area contributed by atoms with Gasteiger partial charge in [0.2, 0.25) is 0 Å². The van der Waals surface area contributed by atoms with Crippen LogP contribution in [0, 0.1) is 5.92 Å². The predicted molar refractivity (Wildman–Crippen MR) is 98.1 cm³/mol. The number of carbonyl (C=O) groups is 1. The number of rotatable bonds is 5. The molecule has 3 rings (SSSR count). The molecule has 0 unspecified atom stereocenters. The third-order valence-corrected chi connectivity index (χ3v) is 4.30. The van der Waals surface area contributed by atoms with E-state index in [0.29, 0.717) is 16.8 Å². The summed E-state index contributed by atoms with van der Waals surface area (Å²) < 4.78 is 30.2. The van der Waals surface area contributed by atoms with Crippen molar-refractivity contribution in [1.82, 2.24) is 10.6 Å². The Hall–Kier alpha value is -2.80. The summed E-state index contributed by atoms with van der Waals surface area (Å²) >= 11 is 5.16. The Labute approximate surface area is 154 Å². The zero-order chi connectivity index (χ0) is 18.7. The summed E-state index contributed by atoms with van der Waals surface area (Å²) in [5, 5.41) is 6.11. The number of benzene rings is 2. The number of ketones is 1. The molecule has 0 radical (unpaired) electrons. The molecule has 7 heteroatoms. The normalized spacial score (nSPS) is 19.7. The van der Waals surface area contributed by atoms with E-state index in [1.807, 2.05) is 0 Å². The number of para-hydroxylation sites is 1. The van der Waals surface area contributed by atoms with Crippen molar-refractivity contribution in [3.8, 4) is 5.75 Å². The summed E-state index contributed by atoms with van der Waals surface area (Å²) in [5.74, 6) is -0.954. The Morgan fingerprint density at radius 2 is 1.77 bits per heavy atom. The molecule has 2 aromatic carbocycles. The van der Waals surface area contributed by atoms with E-state index in [-0.39, 0.29) is 16.6 Å². The second kappa shape index (κ2) is 7.61. The van der Waals surface area contributed by atoms with Gasteiger partial charge in [-0.2, -0.15) is 8.78 Å². The molecule has 0 aromatic heterocycles. The molecule has 2 N–H and O–H groups in total. The fraction of sp³-hybridized carbons (Fsp3) is 0.158. The van der Waals surface area contributed by atoms with Gasteiger partial charge in [-0.05, 0) is 18.3 Å². The zero-order valence-electron chi connectivity index (χ0n) is 13.6. The Morgan fingerprint density at radius 3 is 2.46 bits per heavy atom. The number of Topliss-reactive ketones (excluding diaryl/α,β-unsaturated/α-hetero) is 1. The summed E-state index contributed by atoms with van der Waals surface area (Å²) in [6.07, 6.45) is 0. The Morgan fingerprint density at radius 1 is 1.12 bits per heavy atom. The number of hydrogen-bond donors (Lipinski definition) is 2. The minimum atomic E-state index is -2.98. The summed E-state index contributed by atoms with van der Waals surface area (Å²) in [6, 6.07) is 14.4. The molecule has 2 aromatic rings. The van der Waals surface area contributed by atoms with Crippen molar-refractivity contribution in [3.05, 3.63) is 78.0 Å². The Bertz CT molecular complexity index is 842. The minimum absolute atomic E-state index is 0.0108. The van der Waals surface area contributed by atoms with Gasteiger partial charge in [0.25, 0.3) is 0 Å². The highest BCUT2D eigenvalue weighted by Gasteiger charge is 2.38. The molecule has 1 heterocycles. The number of halogens is 2. The summed E-state index contributed by atoms with van der Waals surface area (Å²) in [5.41, 5.74) is 1.30. The highest BCUT2D eigenvalue weighted by atomic mass is 32.1. The van der Waals surface area contributed by atoms with Crippen LogP contribution in [0.4, 0.5) is 8.78 Å². The van der Waals surface area contributed by atoms with Crippen LogP contribution in [0.5, 0.6) is 5.75 Å². The number of thiocarbonyl (C=S) groups is 1. The molecule has 1 aliphatic rings. The van der Waals surface area contributed by atoms with Gasteiger partial charge in [0.05, 0.1) is 12.0 Å². The lowest BCUT2D eigenvalue weighted by Gasteiger charge is -2.36. The van der Waals surface area contributed by atoms with E-state index in [1.54, 1.807) is 48.5 Å². The standard InChI is InChI=1S/C19H16F2N2O2S/c1-11-15(17(24)12-7-3-2-4-8-12)16(23-19(26)22-11)13-9-5-6-10-14(13)25-18(20)21/h2-10,15-16,18H,1H2,(H2,22,23,26)/t15-,16+/m1/s1. The number of carbonyl (C=O) groups excluding carboxylic acids is 1. The first kappa shape index (κ1) is 18.0. The maximum Gasteiger partial charge on any atom is 0.387 e. The lowest BCUT2D eigenvalue weighted by molar-refractivity contribution is -0.0507. The van der Waals surface area contributed by atoms with Crippen molar-refractivity contribution < 1.29 is 18.3 Å². The SMILES string of the molecule is C=C1NC(=S)N[C@@H](c2ccccc2OC(F)F)[C@@H]1C(=O)c1ccccc1. The third kappa shape index (κ3) is 3.72. The average Bonchev–Trinajstić information content (AvgIpc) is 2.61. The Kier molecular flexibility index (Phi) is 5.27. The van der Waals surface area contributed by atoms with Crippen molar-refractivity contribution in [3.63, 3.8) is 0 Å².